The van der Waals surface area contributed by atoms with Crippen molar-refractivity contribution in [3.05, 3.63) is 0 Å². The summed E-state index contributed by atoms with van der Waals surface area (Å²) in [7, 11) is 0. The molecule has 0 aromatic heterocycles. The van der Waals surface area contributed by atoms with E-state index in [-0.39, 0.29) is 5.91 Å². The molecule has 0 aromatic carbocycles. The summed E-state index contributed by atoms with van der Waals surface area (Å²) < 4.78 is 0. The maximum Gasteiger partial charge on any atom is 0.223 e. The summed E-state index contributed by atoms with van der Waals surface area (Å²) in [4.78, 5) is 11.4. The third-order valence-corrected chi connectivity index (χ3v) is 4.84. The van der Waals surface area contributed by atoms with E-state index in [0.29, 0.717) is 5.92 Å². The van der Waals surface area contributed by atoms with Gasteiger partial charge in [0.15, 0.2) is 0 Å². The lowest BCUT2D eigenvalue weighted by Gasteiger charge is -2.21. The minimum absolute atomic E-state index is 0.270. The standard InChI is InChI=1S/C14H24N2O/c17-14(11-3-4-11)16-6-5-15-9-13-8-10-1-2-12(13)7-10/h10-13,15H,1-9H2,(H,16,17). The Morgan fingerprint density at radius 3 is 2.59 bits per heavy atom. The summed E-state index contributed by atoms with van der Waals surface area (Å²) in [6, 6.07) is 0. The minimum Gasteiger partial charge on any atom is -0.355 e. The van der Waals surface area contributed by atoms with Gasteiger partial charge in [0.1, 0.15) is 0 Å². The van der Waals surface area contributed by atoms with E-state index in [4.69, 9.17) is 0 Å². The van der Waals surface area contributed by atoms with E-state index in [1.807, 2.05) is 0 Å². The highest BCUT2D eigenvalue weighted by Gasteiger charge is 2.38. The number of carbonyl (C=O) groups excluding carboxylic acids is 1. The molecule has 3 nitrogen and oxygen atoms in total. The Hall–Kier alpha value is -0.570. The van der Waals surface area contributed by atoms with Gasteiger partial charge >= 0.3 is 0 Å². The van der Waals surface area contributed by atoms with Crippen molar-refractivity contribution < 1.29 is 4.79 Å². The van der Waals surface area contributed by atoms with Gasteiger partial charge in [0.25, 0.3) is 0 Å². The van der Waals surface area contributed by atoms with Gasteiger partial charge in [-0.15, -0.1) is 0 Å². The molecule has 2 bridgehead atoms. The lowest BCUT2D eigenvalue weighted by Crippen LogP contribution is -2.35. The van der Waals surface area contributed by atoms with Crippen molar-refractivity contribution in [1.82, 2.24) is 10.6 Å². The zero-order valence-corrected chi connectivity index (χ0v) is 10.6. The predicted molar refractivity (Wildman–Crippen MR) is 67.5 cm³/mol. The highest BCUT2D eigenvalue weighted by Crippen LogP contribution is 2.47. The summed E-state index contributed by atoms with van der Waals surface area (Å²) in [5.74, 6) is 3.59. The molecule has 96 valence electrons. The molecule has 3 fully saturated rings. The van der Waals surface area contributed by atoms with Crippen LogP contribution in [0.15, 0.2) is 0 Å². The van der Waals surface area contributed by atoms with E-state index in [0.717, 1.165) is 43.7 Å². The predicted octanol–water partition coefficient (Wildman–Crippen LogP) is 1.54. The van der Waals surface area contributed by atoms with Crippen molar-refractivity contribution in [3.8, 4) is 0 Å². The van der Waals surface area contributed by atoms with Gasteiger partial charge in [-0.25, -0.2) is 0 Å². The first kappa shape index (κ1) is 11.5. The first-order valence-electron chi connectivity index (χ1n) is 7.31. The van der Waals surface area contributed by atoms with Gasteiger partial charge in [-0.05, 0) is 56.4 Å². The molecule has 3 heteroatoms. The van der Waals surface area contributed by atoms with Crippen molar-refractivity contribution >= 4 is 5.91 Å². The van der Waals surface area contributed by atoms with Crippen molar-refractivity contribution in [2.45, 2.75) is 38.5 Å². The van der Waals surface area contributed by atoms with Crippen molar-refractivity contribution in [2.24, 2.45) is 23.7 Å². The molecule has 2 N–H and O–H groups in total. The van der Waals surface area contributed by atoms with Crippen LogP contribution in [0.5, 0.6) is 0 Å². The Bertz CT molecular complexity index is 288. The summed E-state index contributed by atoms with van der Waals surface area (Å²) in [6.45, 7) is 2.91. The molecule has 0 saturated heterocycles. The van der Waals surface area contributed by atoms with Gasteiger partial charge in [0.2, 0.25) is 5.91 Å². The SMILES string of the molecule is O=C(NCCNCC1CC2CCC1C2)C1CC1. The maximum absolute atomic E-state index is 11.4. The van der Waals surface area contributed by atoms with E-state index in [1.54, 1.807) is 0 Å². The van der Waals surface area contributed by atoms with Crippen molar-refractivity contribution in [3.63, 3.8) is 0 Å². The highest BCUT2D eigenvalue weighted by atomic mass is 16.2. The first-order valence-corrected chi connectivity index (χ1v) is 7.31. The van der Waals surface area contributed by atoms with Crippen LogP contribution in [-0.4, -0.2) is 25.5 Å². The summed E-state index contributed by atoms with van der Waals surface area (Å²) in [5.41, 5.74) is 0. The van der Waals surface area contributed by atoms with Gasteiger partial charge < -0.3 is 10.6 Å². The molecule has 0 radical (unpaired) electrons. The number of rotatable bonds is 6. The second kappa shape index (κ2) is 4.97. The Kier molecular flexibility index (Phi) is 3.37. The van der Waals surface area contributed by atoms with Crippen LogP contribution in [0, 0.1) is 23.7 Å². The van der Waals surface area contributed by atoms with E-state index in [2.05, 4.69) is 10.6 Å². The number of fused-ring (bicyclic) bond motifs is 2. The Balaban J connectivity index is 1.24. The fourth-order valence-electron chi connectivity index (χ4n) is 3.68. The van der Waals surface area contributed by atoms with Crippen LogP contribution < -0.4 is 10.6 Å². The van der Waals surface area contributed by atoms with Gasteiger partial charge in [0, 0.05) is 19.0 Å². The molecule has 3 aliphatic carbocycles. The molecule has 17 heavy (non-hydrogen) atoms. The van der Waals surface area contributed by atoms with Crippen LogP contribution in [0.25, 0.3) is 0 Å². The minimum atomic E-state index is 0.270. The fourth-order valence-corrected chi connectivity index (χ4v) is 3.68. The van der Waals surface area contributed by atoms with Gasteiger partial charge in [-0.3, -0.25) is 4.79 Å². The number of nitrogens with one attached hydrogen (secondary N) is 2. The molecule has 3 rings (SSSR count). The number of amides is 1. The van der Waals surface area contributed by atoms with Crippen molar-refractivity contribution in [2.75, 3.05) is 19.6 Å². The van der Waals surface area contributed by atoms with Crippen molar-refractivity contribution in [1.29, 1.82) is 0 Å². The fraction of sp³-hybridized carbons (Fsp3) is 0.929. The molecule has 0 spiro atoms. The molecule has 3 unspecified atom stereocenters. The molecule has 0 heterocycles. The van der Waals surface area contributed by atoms with E-state index in [1.165, 1.54) is 32.2 Å². The maximum atomic E-state index is 11.4. The second-order valence-corrected chi connectivity index (χ2v) is 6.20. The smallest absolute Gasteiger partial charge is 0.223 e. The third-order valence-electron chi connectivity index (χ3n) is 4.84. The van der Waals surface area contributed by atoms with Gasteiger partial charge in [0.05, 0.1) is 0 Å². The van der Waals surface area contributed by atoms with Crippen LogP contribution in [-0.2, 0) is 4.79 Å². The summed E-state index contributed by atoms with van der Waals surface area (Å²) >= 11 is 0. The van der Waals surface area contributed by atoms with E-state index >= 15 is 0 Å². The second-order valence-electron chi connectivity index (χ2n) is 6.20. The first-order chi connectivity index (χ1) is 8.33. The molecular weight excluding hydrogens is 212 g/mol. The van der Waals surface area contributed by atoms with Crippen LogP contribution in [0.3, 0.4) is 0 Å². The normalized spacial score (nSPS) is 35.2. The zero-order chi connectivity index (χ0) is 11.7. The van der Waals surface area contributed by atoms with Crippen LogP contribution in [0.1, 0.15) is 38.5 Å². The zero-order valence-electron chi connectivity index (χ0n) is 10.6. The van der Waals surface area contributed by atoms with Crippen LogP contribution in [0.4, 0.5) is 0 Å². The van der Waals surface area contributed by atoms with Gasteiger partial charge in [-0.2, -0.15) is 0 Å². The number of carbonyl (C=O) groups is 1. The lowest BCUT2D eigenvalue weighted by molar-refractivity contribution is -0.122. The van der Waals surface area contributed by atoms with E-state index in [9.17, 15) is 4.79 Å². The molecular formula is C14H24N2O. The number of hydrogen-bond acceptors (Lipinski definition) is 2. The van der Waals surface area contributed by atoms with Gasteiger partial charge in [-0.1, -0.05) is 6.42 Å². The molecule has 3 saturated carbocycles. The molecule has 0 aromatic rings. The van der Waals surface area contributed by atoms with Crippen LogP contribution in [0.2, 0.25) is 0 Å². The topological polar surface area (TPSA) is 41.1 Å². The Labute approximate surface area is 104 Å². The lowest BCUT2D eigenvalue weighted by atomic mass is 9.89. The highest BCUT2D eigenvalue weighted by molar-refractivity contribution is 5.80. The molecule has 0 aliphatic heterocycles. The summed E-state index contributed by atoms with van der Waals surface area (Å²) in [5, 5.41) is 6.51. The number of hydrogen-bond donors (Lipinski definition) is 2. The quantitative estimate of drug-likeness (QED) is 0.687. The largest absolute Gasteiger partial charge is 0.355 e. The summed E-state index contributed by atoms with van der Waals surface area (Å²) in [6.07, 6.45) is 8.10. The monoisotopic (exact) mass is 236 g/mol. The average Bonchev–Trinajstić information content (AvgIpc) is 2.99. The molecule has 1 amide bonds. The molecule has 3 aliphatic rings. The molecule has 3 atom stereocenters. The Morgan fingerprint density at radius 2 is 1.94 bits per heavy atom. The third kappa shape index (κ3) is 2.82. The average molecular weight is 236 g/mol. The van der Waals surface area contributed by atoms with E-state index < -0.39 is 0 Å². The Morgan fingerprint density at radius 1 is 1.06 bits per heavy atom. The van der Waals surface area contributed by atoms with Crippen LogP contribution >= 0.6 is 0 Å².